The first-order chi connectivity index (χ1) is 11.9. The van der Waals surface area contributed by atoms with Gasteiger partial charge in [0, 0.05) is 46.5 Å². The lowest BCUT2D eigenvalue weighted by Gasteiger charge is -2.39. The fourth-order valence-electron chi connectivity index (χ4n) is 4.58. The number of hydrogen-bond acceptors (Lipinski definition) is 3. The highest BCUT2D eigenvalue weighted by Gasteiger charge is 2.36. The van der Waals surface area contributed by atoms with Crippen molar-refractivity contribution in [2.75, 3.05) is 13.2 Å². The summed E-state index contributed by atoms with van der Waals surface area (Å²) in [6.07, 6.45) is 5.80. The van der Waals surface area contributed by atoms with Crippen LogP contribution in [0.2, 0.25) is 0 Å². The van der Waals surface area contributed by atoms with Crippen LogP contribution in [0.25, 0.3) is 12.2 Å². The van der Waals surface area contributed by atoms with Crippen molar-refractivity contribution in [1.29, 1.82) is 0 Å². The van der Waals surface area contributed by atoms with Gasteiger partial charge in [-0.15, -0.1) is 0 Å². The molecule has 136 valence electrons. The number of ether oxygens (including phenoxy) is 1. The molecule has 2 unspecified atom stereocenters. The molecule has 1 saturated heterocycles. The normalized spacial score (nSPS) is 31.1. The van der Waals surface area contributed by atoms with Crippen molar-refractivity contribution >= 4 is 12.2 Å². The summed E-state index contributed by atoms with van der Waals surface area (Å²) in [5, 5.41) is 2.10. The van der Waals surface area contributed by atoms with E-state index in [0.717, 1.165) is 35.9 Å². The highest BCUT2D eigenvalue weighted by atomic mass is 16.5. The van der Waals surface area contributed by atoms with E-state index in [1.165, 1.54) is 12.1 Å². The van der Waals surface area contributed by atoms with Gasteiger partial charge < -0.3 is 9.30 Å². The van der Waals surface area contributed by atoms with Crippen molar-refractivity contribution in [3.8, 4) is 0 Å². The highest BCUT2D eigenvalue weighted by molar-refractivity contribution is 5.49. The predicted molar refractivity (Wildman–Crippen MR) is 101 cm³/mol. The standard InChI is InChI=1S/C21H30N2O2/c1-12(2)23-19-8-17-6-16(17)7-18(19)21(24)15(5)20(23)9-22-13(3)10-25-11-14(22)4/h7-8,12-14,16-17H,6,9-11H2,1-5H3/t13-,14-,16?,17?/m0/s1. The Labute approximate surface area is 149 Å². The molecule has 1 aromatic rings. The minimum atomic E-state index is 0.233. The van der Waals surface area contributed by atoms with Crippen LogP contribution in [0.5, 0.6) is 0 Å². The van der Waals surface area contributed by atoms with E-state index in [2.05, 4.69) is 49.3 Å². The Morgan fingerprint density at radius 1 is 1.16 bits per heavy atom. The first-order valence-corrected chi connectivity index (χ1v) is 9.69. The van der Waals surface area contributed by atoms with Crippen LogP contribution < -0.4 is 16.0 Å². The summed E-state index contributed by atoms with van der Waals surface area (Å²) in [4.78, 5) is 15.6. The molecule has 0 amide bonds. The van der Waals surface area contributed by atoms with Gasteiger partial charge in [0.25, 0.3) is 0 Å². The maximum Gasteiger partial charge on any atom is 0.192 e. The second-order valence-electron chi connectivity index (χ2n) is 8.47. The molecule has 2 heterocycles. The van der Waals surface area contributed by atoms with Crippen LogP contribution in [-0.2, 0) is 11.3 Å². The Hall–Kier alpha value is -1.39. The molecule has 3 aliphatic rings. The summed E-state index contributed by atoms with van der Waals surface area (Å²) in [5.74, 6) is 1.25. The molecule has 2 fully saturated rings. The molecule has 4 heteroatoms. The molecule has 2 aliphatic carbocycles. The minimum absolute atomic E-state index is 0.233. The first kappa shape index (κ1) is 17.0. The van der Waals surface area contributed by atoms with Gasteiger partial charge in [0.1, 0.15) is 0 Å². The molecule has 0 N–H and O–H groups in total. The van der Waals surface area contributed by atoms with E-state index in [1.807, 2.05) is 6.92 Å². The van der Waals surface area contributed by atoms with E-state index in [4.69, 9.17) is 4.74 Å². The zero-order chi connectivity index (χ0) is 17.9. The van der Waals surface area contributed by atoms with Gasteiger partial charge in [-0.05, 0) is 52.9 Å². The molecule has 0 radical (unpaired) electrons. The maximum absolute atomic E-state index is 13.1. The van der Waals surface area contributed by atoms with Crippen molar-refractivity contribution in [3.63, 3.8) is 0 Å². The van der Waals surface area contributed by atoms with Crippen molar-refractivity contribution in [2.45, 2.75) is 65.7 Å². The zero-order valence-electron chi connectivity index (χ0n) is 16.1. The third kappa shape index (κ3) is 2.80. The lowest BCUT2D eigenvalue weighted by atomic mass is 10.0. The van der Waals surface area contributed by atoms with Crippen molar-refractivity contribution in [3.05, 3.63) is 32.0 Å². The molecule has 1 saturated carbocycles. The summed E-state index contributed by atoms with van der Waals surface area (Å²) in [7, 11) is 0. The van der Waals surface area contributed by atoms with Gasteiger partial charge in [-0.1, -0.05) is 12.2 Å². The fraction of sp³-hybridized carbons (Fsp3) is 0.667. The number of hydrogen-bond donors (Lipinski definition) is 0. The molecule has 4 atom stereocenters. The molecule has 0 spiro atoms. The average Bonchev–Trinajstić information content (AvgIpc) is 3.32. The Bertz CT molecular complexity index is 857. The number of rotatable bonds is 3. The van der Waals surface area contributed by atoms with Crippen molar-refractivity contribution in [1.82, 2.24) is 9.47 Å². The molecule has 1 aromatic heterocycles. The number of fused-ring (bicyclic) bond motifs is 2. The first-order valence-electron chi connectivity index (χ1n) is 9.69. The van der Waals surface area contributed by atoms with Crippen LogP contribution >= 0.6 is 0 Å². The summed E-state index contributed by atoms with van der Waals surface area (Å²) in [6, 6.07) is 1.09. The van der Waals surface area contributed by atoms with Crippen LogP contribution in [0.15, 0.2) is 4.79 Å². The molecule has 0 bridgehead atoms. The summed E-state index contributed by atoms with van der Waals surface area (Å²) < 4.78 is 8.10. The SMILES string of the molecule is Cc1c(CN2[C@@H](C)COC[C@@H]2C)n(C(C)C)c2c(c1=O)=CC1CC1C=2. The molecular formula is C21H30N2O2. The number of morpholine rings is 1. The second kappa shape index (κ2) is 6.10. The van der Waals surface area contributed by atoms with Gasteiger partial charge in [0.05, 0.1) is 13.2 Å². The van der Waals surface area contributed by atoms with E-state index < -0.39 is 0 Å². The van der Waals surface area contributed by atoms with Gasteiger partial charge in [-0.2, -0.15) is 0 Å². The van der Waals surface area contributed by atoms with Crippen LogP contribution in [0.4, 0.5) is 0 Å². The molecule has 25 heavy (non-hydrogen) atoms. The molecule has 1 aliphatic heterocycles. The van der Waals surface area contributed by atoms with E-state index in [1.54, 1.807) is 0 Å². The lowest BCUT2D eigenvalue weighted by Crippen LogP contribution is -2.53. The second-order valence-corrected chi connectivity index (χ2v) is 8.47. The molecule has 4 rings (SSSR count). The number of aromatic nitrogens is 1. The Morgan fingerprint density at radius 3 is 2.44 bits per heavy atom. The zero-order valence-corrected chi connectivity index (χ0v) is 16.1. The Kier molecular flexibility index (Phi) is 4.16. The van der Waals surface area contributed by atoms with Crippen LogP contribution in [-0.4, -0.2) is 34.8 Å². The van der Waals surface area contributed by atoms with Crippen molar-refractivity contribution < 1.29 is 4.74 Å². The highest BCUT2D eigenvalue weighted by Crippen LogP contribution is 2.41. The molecule has 4 nitrogen and oxygen atoms in total. The summed E-state index contributed by atoms with van der Waals surface area (Å²) >= 11 is 0. The average molecular weight is 342 g/mol. The Morgan fingerprint density at radius 2 is 1.80 bits per heavy atom. The topological polar surface area (TPSA) is 34.5 Å². The van der Waals surface area contributed by atoms with Gasteiger partial charge in [-0.3, -0.25) is 9.69 Å². The third-order valence-electron chi connectivity index (χ3n) is 6.19. The summed E-state index contributed by atoms with van der Waals surface area (Å²) in [6.45, 7) is 13.3. The quantitative estimate of drug-likeness (QED) is 0.836. The molecule has 0 aromatic carbocycles. The van der Waals surface area contributed by atoms with Gasteiger partial charge in [-0.25, -0.2) is 0 Å². The van der Waals surface area contributed by atoms with Gasteiger partial charge in [0.2, 0.25) is 0 Å². The largest absolute Gasteiger partial charge is 0.378 e. The van der Waals surface area contributed by atoms with Crippen LogP contribution in [0.3, 0.4) is 0 Å². The molecular weight excluding hydrogens is 312 g/mol. The van der Waals surface area contributed by atoms with Gasteiger partial charge in [0.15, 0.2) is 5.43 Å². The van der Waals surface area contributed by atoms with E-state index in [-0.39, 0.29) is 5.43 Å². The monoisotopic (exact) mass is 342 g/mol. The maximum atomic E-state index is 13.1. The smallest absolute Gasteiger partial charge is 0.192 e. The summed E-state index contributed by atoms with van der Waals surface area (Å²) in [5.41, 5.74) is 2.34. The fourth-order valence-corrected chi connectivity index (χ4v) is 4.58. The number of pyridine rings is 1. The van der Waals surface area contributed by atoms with Crippen molar-refractivity contribution in [2.24, 2.45) is 11.8 Å². The van der Waals surface area contributed by atoms with E-state index in [9.17, 15) is 4.79 Å². The Balaban J connectivity index is 1.88. The van der Waals surface area contributed by atoms with Crippen LogP contribution in [0, 0.1) is 18.8 Å². The van der Waals surface area contributed by atoms with Gasteiger partial charge >= 0.3 is 0 Å². The van der Waals surface area contributed by atoms with E-state index >= 15 is 0 Å². The third-order valence-corrected chi connectivity index (χ3v) is 6.19. The van der Waals surface area contributed by atoms with Crippen LogP contribution in [0.1, 0.15) is 51.4 Å². The minimum Gasteiger partial charge on any atom is -0.378 e. The number of nitrogens with zero attached hydrogens (tertiary/aromatic N) is 2. The lowest BCUT2D eigenvalue weighted by molar-refractivity contribution is -0.0422. The van der Waals surface area contributed by atoms with E-state index in [0.29, 0.717) is 30.0 Å². The predicted octanol–water partition coefficient (Wildman–Crippen LogP) is 1.56.